The molecule has 0 spiro atoms. The minimum atomic E-state index is 0.747. The fourth-order valence-corrected chi connectivity index (χ4v) is 1.93. The molecule has 0 aliphatic rings. The summed E-state index contributed by atoms with van der Waals surface area (Å²) in [5, 5.41) is 4.39. The van der Waals surface area contributed by atoms with Crippen LogP contribution in [0.3, 0.4) is 0 Å². The number of aryl methyl sites for hydroxylation is 1. The van der Waals surface area contributed by atoms with Gasteiger partial charge in [-0.1, -0.05) is 0 Å². The number of hydrogen-bond donors (Lipinski definition) is 0. The van der Waals surface area contributed by atoms with E-state index >= 15 is 0 Å². The lowest BCUT2D eigenvalue weighted by atomic mass is 10.4. The van der Waals surface area contributed by atoms with Crippen LogP contribution in [-0.4, -0.2) is 19.7 Å². The SMILES string of the molecule is Cc1nn(-c2ncncc2Br)c(C)c1Br. The standard InChI is InChI=1S/C9H8Br2N4/c1-5-8(11)6(2)15(14-5)9-7(10)3-12-4-13-9/h3-4H,1-2H3. The first-order valence-corrected chi connectivity index (χ1v) is 5.87. The first-order valence-electron chi connectivity index (χ1n) is 4.29. The Morgan fingerprint density at radius 2 is 2.00 bits per heavy atom. The molecule has 2 heterocycles. The van der Waals surface area contributed by atoms with Crippen LogP contribution in [0.4, 0.5) is 0 Å². The molecular formula is C9H8Br2N4. The van der Waals surface area contributed by atoms with Crippen LogP contribution in [0.25, 0.3) is 5.82 Å². The Morgan fingerprint density at radius 1 is 1.27 bits per heavy atom. The maximum atomic E-state index is 4.39. The molecule has 0 bridgehead atoms. The summed E-state index contributed by atoms with van der Waals surface area (Å²) < 4.78 is 3.61. The topological polar surface area (TPSA) is 43.6 Å². The highest BCUT2D eigenvalue weighted by atomic mass is 79.9. The first-order chi connectivity index (χ1) is 7.11. The van der Waals surface area contributed by atoms with E-state index in [9.17, 15) is 0 Å². The molecule has 4 nitrogen and oxygen atoms in total. The molecule has 15 heavy (non-hydrogen) atoms. The van der Waals surface area contributed by atoms with E-state index < -0.39 is 0 Å². The molecule has 0 fully saturated rings. The van der Waals surface area contributed by atoms with Crippen molar-refractivity contribution in [2.75, 3.05) is 0 Å². The zero-order valence-electron chi connectivity index (χ0n) is 8.20. The lowest BCUT2D eigenvalue weighted by Gasteiger charge is -2.04. The lowest BCUT2D eigenvalue weighted by Crippen LogP contribution is -2.03. The Labute approximate surface area is 104 Å². The van der Waals surface area contributed by atoms with E-state index in [0.717, 1.165) is 26.2 Å². The Balaban J connectivity index is 2.65. The molecule has 0 saturated carbocycles. The largest absolute Gasteiger partial charge is 0.243 e. The molecule has 0 unspecified atom stereocenters. The van der Waals surface area contributed by atoms with Crippen molar-refractivity contribution in [3.63, 3.8) is 0 Å². The van der Waals surface area contributed by atoms with Crippen LogP contribution >= 0.6 is 31.9 Å². The summed E-state index contributed by atoms with van der Waals surface area (Å²) in [6.45, 7) is 3.93. The molecule has 0 N–H and O–H groups in total. The zero-order chi connectivity index (χ0) is 11.0. The molecule has 0 radical (unpaired) electrons. The van der Waals surface area contributed by atoms with Crippen LogP contribution in [0, 0.1) is 13.8 Å². The molecule has 0 aliphatic heterocycles. The fourth-order valence-electron chi connectivity index (χ4n) is 1.29. The number of nitrogens with zero attached hydrogens (tertiary/aromatic N) is 4. The van der Waals surface area contributed by atoms with Crippen molar-refractivity contribution in [3.05, 3.63) is 32.9 Å². The van der Waals surface area contributed by atoms with Crippen LogP contribution < -0.4 is 0 Å². The van der Waals surface area contributed by atoms with E-state index in [-0.39, 0.29) is 0 Å². The summed E-state index contributed by atoms with van der Waals surface area (Å²) in [6, 6.07) is 0. The predicted octanol–water partition coefficient (Wildman–Crippen LogP) is 2.80. The van der Waals surface area contributed by atoms with Gasteiger partial charge >= 0.3 is 0 Å². The van der Waals surface area contributed by atoms with E-state index in [1.807, 2.05) is 13.8 Å². The van der Waals surface area contributed by atoms with Gasteiger partial charge in [-0.05, 0) is 45.7 Å². The third-order valence-electron chi connectivity index (χ3n) is 2.05. The van der Waals surface area contributed by atoms with E-state index in [2.05, 4.69) is 46.9 Å². The van der Waals surface area contributed by atoms with Gasteiger partial charge < -0.3 is 0 Å². The van der Waals surface area contributed by atoms with Crippen LogP contribution in [0.5, 0.6) is 0 Å². The second-order valence-corrected chi connectivity index (χ2v) is 4.74. The molecule has 0 aliphatic carbocycles. The quantitative estimate of drug-likeness (QED) is 0.807. The first kappa shape index (κ1) is 10.8. The van der Waals surface area contributed by atoms with E-state index in [0.29, 0.717) is 0 Å². The molecule has 0 saturated heterocycles. The van der Waals surface area contributed by atoms with Crippen molar-refractivity contribution in [2.24, 2.45) is 0 Å². The van der Waals surface area contributed by atoms with Gasteiger partial charge in [-0.25, -0.2) is 14.6 Å². The van der Waals surface area contributed by atoms with Gasteiger partial charge in [0.2, 0.25) is 0 Å². The lowest BCUT2D eigenvalue weighted by molar-refractivity contribution is 0.795. The Hall–Kier alpha value is -0.750. The number of aromatic nitrogens is 4. The maximum absolute atomic E-state index is 4.39. The van der Waals surface area contributed by atoms with Crippen molar-refractivity contribution in [3.8, 4) is 5.82 Å². The monoisotopic (exact) mass is 330 g/mol. The van der Waals surface area contributed by atoms with Crippen LogP contribution in [0.1, 0.15) is 11.4 Å². The van der Waals surface area contributed by atoms with Gasteiger partial charge in [0.15, 0.2) is 5.82 Å². The summed E-state index contributed by atoms with van der Waals surface area (Å²) in [6.07, 6.45) is 3.21. The van der Waals surface area contributed by atoms with Gasteiger partial charge in [0.25, 0.3) is 0 Å². The molecule has 0 amide bonds. The molecule has 2 aromatic heterocycles. The van der Waals surface area contributed by atoms with Crippen LogP contribution in [0.15, 0.2) is 21.5 Å². The Kier molecular flexibility index (Phi) is 2.88. The molecule has 6 heteroatoms. The van der Waals surface area contributed by atoms with Gasteiger partial charge in [0.05, 0.1) is 20.3 Å². The Morgan fingerprint density at radius 3 is 2.53 bits per heavy atom. The van der Waals surface area contributed by atoms with Gasteiger partial charge in [-0.15, -0.1) is 0 Å². The number of hydrogen-bond acceptors (Lipinski definition) is 3. The summed E-state index contributed by atoms with van der Waals surface area (Å²) in [5.74, 6) is 0.747. The van der Waals surface area contributed by atoms with Crippen molar-refractivity contribution in [1.29, 1.82) is 0 Å². The molecule has 78 valence electrons. The fraction of sp³-hybridized carbons (Fsp3) is 0.222. The second-order valence-electron chi connectivity index (χ2n) is 3.09. The highest BCUT2D eigenvalue weighted by Crippen LogP contribution is 2.24. The summed E-state index contributed by atoms with van der Waals surface area (Å²) in [4.78, 5) is 8.10. The molecular weight excluding hydrogens is 324 g/mol. The third kappa shape index (κ3) is 1.83. The van der Waals surface area contributed by atoms with Gasteiger partial charge in [-0.3, -0.25) is 0 Å². The van der Waals surface area contributed by atoms with Crippen molar-refractivity contribution < 1.29 is 0 Å². The van der Waals surface area contributed by atoms with Gasteiger partial charge in [0, 0.05) is 6.20 Å². The molecule has 0 aromatic carbocycles. The number of rotatable bonds is 1. The smallest absolute Gasteiger partial charge is 0.171 e. The van der Waals surface area contributed by atoms with E-state index in [4.69, 9.17) is 0 Å². The van der Waals surface area contributed by atoms with E-state index in [1.54, 1.807) is 10.9 Å². The Bertz CT molecular complexity index is 507. The summed E-state index contributed by atoms with van der Waals surface area (Å²) in [5.41, 5.74) is 1.96. The second kappa shape index (κ2) is 4.02. The van der Waals surface area contributed by atoms with Crippen molar-refractivity contribution in [1.82, 2.24) is 19.7 Å². The molecule has 2 aromatic rings. The van der Waals surface area contributed by atoms with Gasteiger partial charge in [-0.2, -0.15) is 5.10 Å². The summed E-state index contributed by atoms with van der Waals surface area (Å²) in [7, 11) is 0. The molecule has 0 atom stereocenters. The third-order valence-corrected chi connectivity index (χ3v) is 3.76. The average molecular weight is 332 g/mol. The highest BCUT2D eigenvalue weighted by molar-refractivity contribution is 9.11. The number of halogens is 2. The minimum absolute atomic E-state index is 0.747. The van der Waals surface area contributed by atoms with Crippen LogP contribution in [0.2, 0.25) is 0 Å². The highest BCUT2D eigenvalue weighted by Gasteiger charge is 2.13. The van der Waals surface area contributed by atoms with Crippen LogP contribution in [-0.2, 0) is 0 Å². The summed E-state index contributed by atoms with van der Waals surface area (Å²) >= 11 is 6.88. The predicted molar refractivity (Wildman–Crippen MR) is 64.0 cm³/mol. The normalized spacial score (nSPS) is 10.7. The molecule has 2 rings (SSSR count). The zero-order valence-corrected chi connectivity index (χ0v) is 11.4. The van der Waals surface area contributed by atoms with Gasteiger partial charge in [0.1, 0.15) is 6.33 Å². The van der Waals surface area contributed by atoms with Crippen molar-refractivity contribution >= 4 is 31.9 Å². The minimum Gasteiger partial charge on any atom is -0.243 e. The average Bonchev–Trinajstić information content (AvgIpc) is 2.47. The van der Waals surface area contributed by atoms with E-state index in [1.165, 1.54) is 6.33 Å². The van der Waals surface area contributed by atoms with Crippen molar-refractivity contribution in [2.45, 2.75) is 13.8 Å². The maximum Gasteiger partial charge on any atom is 0.171 e.